The van der Waals surface area contributed by atoms with Gasteiger partial charge in [-0.1, -0.05) is 11.6 Å². The molecule has 2 heterocycles. The first-order chi connectivity index (χ1) is 8.24. The number of imidazole rings is 1. The maximum absolute atomic E-state index is 5.96. The third-order valence-corrected chi connectivity index (χ3v) is 3.69. The molecule has 3 rings (SSSR count). The number of pyridine rings is 1. The zero-order valence-corrected chi connectivity index (χ0v) is 11.0. The molecule has 0 saturated heterocycles. The van der Waals surface area contributed by atoms with Gasteiger partial charge in [-0.05, 0) is 40.2 Å². The van der Waals surface area contributed by atoms with Crippen LogP contribution in [-0.2, 0) is 0 Å². The lowest BCUT2D eigenvalue weighted by atomic mass is 10.2. The van der Waals surface area contributed by atoms with E-state index in [1.165, 1.54) is 0 Å². The zero-order valence-electron chi connectivity index (χ0n) is 8.61. The van der Waals surface area contributed by atoms with E-state index in [1.54, 1.807) is 12.4 Å². The lowest BCUT2D eigenvalue weighted by molar-refractivity contribution is 1.32. The second-order valence-corrected chi connectivity index (χ2v) is 4.87. The van der Waals surface area contributed by atoms with Crippen LogP contribution in [0.15, 0.2) is 41.1 Å². The highest BCUT2D eigenvalue weighted by atomic mass is 79.9. The molecule has 5 heteroatoms. The number of fused-ring (bicyclic) bond motifs is 1. The number of aromatic nitrogens is 3. The van der Waals surface area contributed by atoms with E-state index in [-0.39, 0.29) is 0 Å². The van der Waals surface area contributed by atoms with Gasteiger partial charge in [0.05, 0.1) is 22.3 Å². The molecule has 0 atom stereocenters. The Balaban J connectivity index is 2.17. The molecule has 2 aromatic heterocycles. The monoisotopic (exact) mass is 307 g/mol. The molecule has 1 aromatic carbocycles. The molecule has 0 unspecified atom stereocenters. The Morgan fingerprint density at radius 2 is 2.12 bits per heavy atom. The quantitative estimate of drug-likeness (QED) is 0.737. The Morgan fingerprint density at radius 3 is 2.88 bits per heavy atom. The normalized spacial score (nSPS) is 10.9. The fourth-order valence-electron chi connectivity index (χ4n) is 1.64. The van der Waals surface area contributed by atoms with E-state index in [0.29, 0.717) is 5.02 Å². The average Bonchev–Trinajstić information content (AvgIpc) is 2.76. The van der Waals surface area contributed by atoms with Gasteiger partial charge in [-0.3, -0.25) is 4.98 Å². The lowest BCUT2D eigenvalue weighted by Crippen LogP contribution is -1.80. The number of halogens is 2. The number of nitrogens with one attached hydrogen (secondary N) is 1. The summed E-state index contributed by atoms with van der Waals surface area (Å²) in [6.07, 6.45) is 3.49. The van der Waals surface area contributed by atoms with Gasteiger partial charge in [0.15, 0.2) is 0 Å². The second-order valence-electron chi connectivity index (χ2n) is 3.61. The first-order valence-corrected chi connectivity index (χ1v) is 6.16. The molecular formula is C12H7BrClN3. The van der Waals surface area contributed by atoms with Crippen molar-refractivity contribution in [2.45, 2.75) is 0 Å². The molecule has 3 aromatic rings. The molecule has 17 heavy (non-hydrogen) atoms. The summed E-state index contributed by atoms with van der Waals surface area (Å²) < 4.78 is 0.857. The van der Waals surface area contributed by atoms with Crippen LogP contribution in [0.25, 0.3) is 22.4 Å². The number of aromatic amines is 1. The summed E-state index contributed by atoms with van der Waals surface area (Å²) in [6, 6.07) is 7.58. The first-order valence-electron chi connectivity index (χ1n) is 4.99. The van der Waals surface area contributed by atoms with Crippen molar-refractivity contribution in [2.75, 3.05) is 0 Å². The highest BCUT2D eigenvalue weighted by Gasteiger charge is 2.06. The Labute approximate surface area is 111 Å². The van der Waals surface area contributed by atoms with Crippen molar-refractivity contribution >= 4 is 38.6 Å². The summed E-state index contributed by atoms with van der Waals surface area (Å²) in [6.45, 7) is 0. The molecule has 84 valence electrons. The third-order valence-electron chi connectivity index (χ3n) is 2.48. The van der Waals surface area contributed by atoms with Crippen LogP contribution in [0.1, 0.15) is 0 Å². The van der Waals surface area contributed by atoms with Gasteiger partial charge >= 0.3 is 0 Å². The van der Waals surface area contributed by atoms with Gasteiger partial charge in [-0.2, -0.15) is 0 Å². The molecular weight excluding hydrogens is 302 g/mol. The van der Waals surface area contributed by atoms with Crippen molar-refractivity contribution in [3.63, 3.8) is 0 Å². The van der Waals surface area contributed by atoms with Gasteiger partial charge in [-0.15, -0.1) is 0 Å². The van der Waals surface area contributed by atoms with Crippen molar-refractivity contribution in [3.8, 4) is 11.4 Å². The van der Waals surface area contributed by atoms with Crippen LogP contribution >= 0.6 is 27.5 Å². The van der Waals surface area contributed by atoms with Gasteiger partial charge in [0.2, 0.25) is 0 Å². The fraction of sp³-hybridized carbons (Fsp3) is 0. The van der Waals surface area contributed by atoms with E-state index < -0.39 is 0 Å². The fourth-order valence-corrected chi connectivity index (χ4v) is 2.13. The van der Waals surface area contributed by atoms with Crippen LogP contribution in [0.4, 0.5) is 0 Å². The summed E-state index contributed by atoms with van der Waals surface area (Å²) in [5.41, 5.74) is 2.81. The number of nitrogens with zero attached hydrogens (tertiary/aromatic N) is 2. The Hall–Kier alpha value is -1.39. The molecule has 0 bridgehead atoms. The maximum atomic E-state index is 5.96. The molecule has 1 N–H and O–H groups in total. The third kappa shape index (κ3) is 1.94. The predicted molar refractivity (Wildman–Crippen MR) is 72.0 cm³/mol. The van der Waals surface area contributed by atoms with E-state index >= 15 is 0 Å². The summed E-state index contributed by atoms with van der Waals surface area (Å²) in [4.78, 5) is 11.8. The van der Waals surface area contributed by atoms with E-state index in [2.05, 4.69) is 30.9 Å². The van der Waals surface area contributed by atoms with Crippen LogP contribution in [0.5, 0.6) is 0 Å². The van der Waals surface area contributed by atoms with Crippen LogP contribution in [-0.4, -0.2) is 15.0 Å². The van der Waals surface area contributed by atoms with Gasteiger partial charge in [0.1, 0.15) is 5.82 Å². The predicted octanol–water partition coefficient (Wildman–Crippen LogP) is 4.04. The molecule has 0 amide bonds. The number of hydrogen-bond donors (Lipinski definition) is 1. The van der Waals surface area contributed by atoms with E-state index in [0.717, 1.165) is 26.9 Å². The van der Waals surface area contributed by atoms with Crippen molar-refractivity contribution < 1.29 is 0 Å². The van der Waals surface area contributed by atoms with Crippen LogP contribution in [0.2, 0.25) is 5.02 Å². The van der Waals surface area contributed by atoms with Gasteiger partial charge in [0, 0.05) is 16.2 Å². The SMILES string of the molecule is Clc1ccc(-c2nc3ccncc3[nH]2)cc1Br. The first kappa shape index (κ1) is 10.7. The Bertz CT molecular complexity index is 660. The van der Waals surface area contributed by atoms with Gasteiger partial charge < -0.3 is 4.98 Å². The van der Waals surface area contributed by atoms with Crippen LogP contribution < -0.4 is 0 Å². The van der Waals surface area contributed by atoms with E-state index in [4.69, 9.17) is 11.6 Å². The van der Waals surface area contributed by atoms with Crippen molar-refractivity contribution in [3.05, 3.63) is 46.2 Å². The molecule has 0 radical (unpaired) electrons. The smallest absolute Gasteiger partial charge is 0.138 e. The average molecular weight is 309 g/mol. The van der Waals surface area contributed by atoms with Crippen LogP contribution in [0.3, 0.4) is 0 Å². The maximum Gasteiger partial charge on any atom is 0.138 e. The molecule has 0 fully saturated rings. The Morgan fingerprint density at radius 1 is 1.24 bits per heavy atom. The topological polar surface area (TPSA) is 41.6 Å². The molecule has 0 aliphatic heterocycles. The summed E-state index contributed by atoms with van der Waals surface area (Å²) in [5.74, 6) is 0.811. The highest BCUT2D eigenvalue weighted by molar-refractivity contribution is 9.10. The summed E-state index contributed by atoms with van der Waals surface area (Å²) in [5, 5.41) is 0.687. The molecule has 0 spiro atoms. The van der Waals surface area contributed by atoms with Crippen LogP contribution in [0, 0.1) is 0 Å². The minimum absolute atomic E-state index is 0.687. The summed E-state index contributed by atoms with van der Waals surface area (Å²) >= 11 is 9.36. The minimum atomic E-state index is 0.687. The van der Waals surface area contributed by atoms with E-state index in [1.807, 2.05) is 24.3 Å². The van der Waals surface area contributed by atoms with Crippen molar-refractivity contribution in [2.24, 2.45) is 0 Å². The molecule has 0 saturated carbocycles. The van der Waals surface area contributed by atoms with Crippen molar-refractivity contribution in [1.29, 1.82) is 0 Å². The largest absolute Gasteiger partial charge is 0.337 e. The Kier molecular flexibility index (Phi) is 2.61. The number of hydrogen-bond acceptors (Lipinski definition) is 2. The summed E-state index contributed by atoms with van der Waals surface area (Å²) in [7, 11) is 0. The molecule has 3 nitrogen and oxygen atoms in total. The zero-order chi connectivity index (χ0) is 11.8. The minimum Gasteiger partial charge on any atom is -0.337 e. The van der Waals surface area contributed by atoms with Gasteiger partial charge in [-0.25, -0.2) is 4.98 Å². The standard InChI is InChI=1S/C12H7BrClN3/c13-8-5-7(1-2-9(8)14)12-16-10-3-4-15-6-11(10)17-12/h1-6H,(H,16,17). The van der Waals surface area contributed by atoms with E-state index in [9.17, 15) is 0 Å². The van der Waals surface area contributed by atoms with Gasteiger partial charge in [0.25, 0.3) is 0 Å². The second kappa shape index (κ2) is 4.13. The lowest BCUT2D eigenvalue weighted by Gasteiger charge is -1.99. The van der Waals surface area contributed by atoms with Crippen molar-refractivity contribution in [1.82, 2.24) is 15.0 Å². The number of benzene rings is 1. The number of rotatable bonds is 1. The number of H-pyrrole nitrogens is 1. The molecule has 0 aliphatic rings. The highest BCUT2D eigenvalue weighted by Crippen LogP contribution is 2.28. The molecule has 0 aliphatic carbocycles.